The van der Waals surface area contributed by atoms with Crippen LogP contribution in [-0.4, -0.2) is 39.6 Å². The van der Waals surface area contributed by atoms with Crippen LogP contribution in [0.4, 0.5) is 4.79 Å². The van der Waals surface area contributed by atoms with E-state index in [9.17, 15) is 14.7 Å². The van der Waals surface area contributed by atoms with Crippen LogP contribution in [0.3, 0.4) is 0 Å². The van der Waals surface area contributed by atoms with Crippen LogP contribution >= 0.6 is 0 Å². The van der Waals surface area contributed by atoms with Gasteiger partial charge in [0.05, 0.1) is 12.1 Å². The van der Waals surface area contributed by atoms with Gasteiger partial charge in [0.1, 0.15) is 5.54 Å². The van der Waals surface area contributed by atoms with Gasteiger partial charge < -0.3 is 10.4 Å². The molecule has 0 aromatic rings. The summed E-state index contributed by atoms with van der Waals surface area (Å²) in [6.07, 6.45) is 8.08. The highest BCUT2D eigenvalue weighted by atomic mass is 16.3. The number of hydrogen-bond donors (Lipinski definition) is 2. The number of rotatable bonds is 5. The maximum atomic E-state index is 12.6. The van der Waals surface area contributed by atoms with E-state index in [2.05, 4.69) is 12.2 Å². The molecule has 1 saturated heterocycles. The fourth-order valence-corrected chi connectivity index (χ4v) is 3.43. The zero-order chi connectivity index (χ0) is 15.5. The quantitative estimate of drug-likeness (QED) is 0.605. The summed E-state index contributed by atoms with van der Waals surface area (Å²) >= 11 is 0. The van der Waals surface area contributed by atoms with Crippen molar-refractivity contribution in [2.45, 2.75) is 82.8 Å². The molecule has 3 amide bonds. The average molecular weight is 296 g/mol. The fraction of sp³-hybridized carbons (Fsp3) is 0.875. The van der Waals surface area contributed by atoms with Gasteiger partial charge in [-0.05, 0) is 26.2 Å². The number of aliphatic hydroxyl groups is 1. The molecule has 2 aliphatic rings. The van der Waals surface area contributed by atoms with Gasteiger partial charge in [0.15, 0.2) is 0 Å². The lowest BCUT2D eigenvalue weighted by molar-refractivity contribution is -0.133. The molecule has 0 bridgehead atoms. The van der Waals surface area contributed by atoms with E-state index < -0.39 is 11.1 Å². The van der Waals surface area contributed by atoms with Gasteiger partial charge in [0.25, 0.3) is 5.91 Å². The highest BCUT2D eigenvalue weighted by Crippen LogP contribution is 2.31. The summed E-state index contributed by atoms with van der Waals surface area (Å²) in [6.45, 7) is 4.00. The fourth-order valence-electron chi connectivity index (χ4n) is 3.43. The largest absolute Gasteiger partial charge is 0.388 e. The molecule has 0 spiro atoms. The second-order valence-electron chi connectivity index (χ2n) is 6.90. The molecule has 1 saturated carbocycles. The Labute approximate surface area is 127 Å². The van der Waals surface area contributed by atoms with Crippen LogP contribution in [0.5, 0.6) is 0 Å². The molecule has 2 N–H and O–H groups in total. The maximum absolute atomic E-state index is 12.6. The van der Waals surface area contributed by atoms with Crippen LogP contribution in [0, 0.1) is 0 Å². The summed E-state index contributed by atoms with van der Waals surface area (Å²) in [6, 6.07) is -0.351. The molecule has 1 aliphatic heterocycles. The van der Waals surface area contributed by atoms with Crippen molar-refractivity contribution in [3.63, 3.8) is 0 Å². The third-order valence-corrected chi connectivity index (χ3v) is 4.86. The van der Waals surface area contributed by atoms with Crippen molar-refractivity contribution in [3.05, 3.63) is 0 Å². The zero-order valence-corrected chi connectivity index (χ0v) is 13.3. The minimum absolute atomic E-state index is 0.138. The third kappa shape index (κ3) is 3.57. The van der Waals surface area contributed by atoms with Gasteiger partial charge in [-0.2, -0.15) is 0 Å². The first kappa shape index (κ1) is 16.3. The first-order chi connectivity index (χ1) is 9.90. The summed E-state index contributed by atoms with van der Waals surface area (Å²) < 4.78 is 0. The van der Waals surface area contributed by atoms with Crippen LogP contribution in [0.25, 0.3) is 0 Å². The minimum atomic E-state index is -0.903. The average Bonchev–Trinajstić information content (AvgIpc) is 2.62. The van der Waals surface area contributed by atoms with E-state index in [1.165, 1.54) is 4.90 Å². The zero-order valence-electron chi connectivity index (χ0n) is 13.3. The van der Waals surface area contributed by atoms with Gasteiger partial charge in [-0.15, -0.1) is 0 Å². The molecule has 0 aromatic carbocycles. The Morgan fingerprint density at radius 3 is 2.38 bits per heavy atom. The van der Waals surface area contributed by atoms with Crippen LogP contribution in [0.2, 0.25) is 0 Å². The molecule has 0 unspecified atom stereocenters. The van der Waals surface area contributed by atoms with Crippen molar-refractivity contribution >= 4 is 11.9 Å². The SMILES string of the molecule is CCCC[C@]1(C)NC(=O)N(CC2(O)CCCCCC2)C1=O. The van der Waals surface area contributed by atoms with Crippen LogP contribution < -0.4 is 5.32 Å². The number of unbranched alkanes of at least 4 members (excludes halogenated alkanes) is 1. The molecule has 0 radical (unpaired) electrons. The summed E-state index contributed by atoms with van der Waals surface area (Å²) in [7, 11) is 0. The van der Waals surface area contributed by atoms with E-state index in [0.29, 0.717) is 19.3 Å². The monoisotopic (exact) mass is 296 g/mol. The number of β-amino-alcohol motifs (C(OH)–C–C–N with tert-alkyl or cyclic N) is 1. The standard InChI is InChI=1S/C16H28N2O3/c1-3-4-9-15(2)13(19)18(14(20)17-15)12-16(21)10-7-5-6-8-11-16/h21H,3-12H2,1-2H3,(H,17,20)/t15-/m0/s1. The van der Waals surface area contributed by atoms with Gasteiger partial charge in [-0.3, -0.25) is 9.69 Å². The first-order valence-electron chi connectivity index (χ1n) is 8.27. The van der Waals surface area contributed by atoms with E-state index in [0.717, 1.165) is 38.5 Å². The lowest BCUT2D eigenvalue weighted by Gasteiger charge is -2.30. The summed E-state index contributed by atoms with van der Waals surface area (Å²) in [4.78, 5) is 26.0. The Bertz CT molecular complexity index is 402. The molecule has 21 heavy (non-hydrogen) atoms. The smallest absolute Gasteiger partial charge is 0.325 e. The van der Waals surface area contributed by atoms with Gasteiger partial charge >= 0.3 is 6.03 Å². The second kappa shape index (κ2) is 6.34. The van der Waals surface area contributed by atoms with Gasteiger partial charge in [-0.25, -0.2) is 4.79 Å². The lowest BCUT2D eigenvalue weighted by Crippen LogP contribution is -2.47. The molecular weight excluding hydrogens is 268 g/mol. The van der Waals surface area contributed by atoms with E-state index in [1.807, 2.05) is 0 Å². The number of urea groups is 1. The number of imide groups is 1. The second-order valence-corrected chi connectivity index (χ2v) is 6.90. The third-order valence-electron chi connectivity index (χ3n) is 4.86. The Hall–Kier alpha value is -1.10. The normalized spacial score (nSPS) is 29.4. The molecule has 120 valence electrons. The summed E-state index contributed by atoms with van der Waals surface area (Å²) in [5.41, 5.74) is -1.70. The Kier molecular flexibility index (Phi) is 4.91. The highest BCUT2D eigenvalue weighted by Gasteiger charge is 2.49. The molecule has 1 heterocycles. The molecule has 2 rings (SSSR count). The summed E-state index contributed by atoms with van der Waals surface area (Å²) in [5.74, 6) is -0.182. The number of hydrogen-bond acceptors (Lipinski definition) is 3. The number of carbonyl (C=O) groups excluding carboxylic acids is 2. The Morgan fingerprint density at radius 1 is 1.19 bits per heavy atom. The molecule has 1 atom stereocenters. The summed E-state index contributed by atoms with van der Waals surface area (Å²) in [5, 5.41) is 13.5. The Balaban J connectivity index is 2.06. The van der Waals surface area contributed by atoms with E-state index in [-0.39, 0.29) is 18.5 Å². The predicted octanol–water partition coefficient (Wildman–Crippen LogP) is 2.57. The number of nitrogens with one attached hydrogen (secondary N) is 1. The van der Waals surface area contributed by atoms with E-state index >= 15 is 0 Å². The van der Waals surface area contributed by atoms with Crippen molar-refractivity contribution in [1.82, 2.24) is 10.2 Å². The van der Waals surface area contributed by atoms with Gasteiger partial charge in [0, 0.05) is 0 Å². The van der Waals surface area contributed by atoms with Gasteiger partial charge in [-0.1, -0.05) is 45.4 Å². The van der Waals surface area contributed by atoms with Crippen LogP contribution in [-0.2, 0) is 4.79 Å². The molecule has 0 aromatic heterocycles. The molecule has 5 nitrogen and oxygen atoms in total. The molecular formula is C16H28N2O3. The number of carbonyl (C=O) groups is 2. The van der Waals surface area contributed by atoms with Crippen LogP contribution in [0.15, 0.2) is 0 Å². The van der Waals surface area contributed by atoms with Crippen LogP contribution in [0.1, 0.15) is 71.6 Å². The van der Waals surface area contributed by atoms with E-state index in [4.69, 9.17) is 0 Å². The Morgan fingerprint density at radius 2 is 1.81 bits per heavy atom. The number of nitrogens with zero attached hydrogens (tertiary/aromatic N) is 1. The molecule has 2 fully saturated rings. The minimum Gasteiger partial charge on any atom is -0.388 e. The van der Waals surface area contributed by atoms with Crippen molar-refractivity contribution in [3.8, 4) is 0 Å². The molecule has 5 heteroatoms. The predicted molar refractivity (Wildman–Crippen MR) is 80.8 cm³/mol. The topological polar surface area (TPSA) is 69.6 Å². The van der Waals surface area contributed by atoms with Crippen molar-refractivity contribution in [2.24, 2.45) is 0 Å². The number of amides is 3. The lowest BCUT2D eigenvalue weighted by atomic mass is 9.92. The van der Waals surface area contributed by atoms with Crippen molar-refractivity contribution < 1.29 is 14.7 Å². The first-order valence-corrected chi connectivity index (χ1v) is 8.27. The van der Waals surface area contributed by atoms with E-state index in [1.54, 1.807) is 6.92 Å². The van der Waals surface area contributed by atoms with Gasteiger partial charge in [0.2, 0.25) is 0 Å². The maximum Gasteiger partial charge on any atom is 0.325 e. The van der Waals surface area contributed by atoms with Crippen molar-refractivity contribution in [2.75, 3.05) is 6.54 Å². The van der Waals surface area contributed by atoms with Crippen molar-refractivity contribution in [1.29, 1.82) is 0 Å². The molecule has 1 aliphatic carbocycles. The highest BCUT2D eigenvalue weighted by molar-refractivity contribution is 6.06.